The zero-order valence-electron chi connectivity index (χ0n) is 11.4. The maximum absolute atomic E-state index is 12.0. The van der Waals surface area contributed by atoms with Gasteiger partial charge in [0.1, 0.15) is 6.04 Å². The summed E-state index contributed by atoms with van der Waals surface area (Å²) in [5, 5.41) is 11.3. The molecule has 2 aromatic heterocycles. The second kappa shape index (κ2) is 5.81. The van der Waals surface area contributed by atoms with Crippen LogP contribution in [0.2, 0.25) is 0 Å². The minimum Gasteiger partial charge on any atom is -0.391 e. The quantitative estimate of drug-likeness (QED) is 0.539. The number of urea groups is 1. The molecule has 0 aliphatic rings. The van der Waals surface area contributed by atoms with E-state index in [1.807, 2.05) is 0 Å². The molecule has 111 valence electrons. The van der Waals surface area contributed by atoms with Crippen molar-refractivity contribution in [2.75, 3.05) is 11.9 Å². The largest absolute Gasteiger partial charge is 0.391 e. The monoisotopic (exact) mass is 292 g/mol. The SMILES string of the molecule is CC(O)C(N)C(=O)NC(=O)N(C)c1n[c]nc2[nH]cnc12. The van der Waals surface area contributed by atoms with Crippen molar-refractivity contribution in [2.24, 2.45) is 5.73 Å². The van der Waals surface area contributed by atoms with Crippen LogP contribution in [0.25, 0.3) is 11.2 Å². The van der Waals surface area contributed by atoms with Gasteiger partial charge in [-0.15, -0.1) is 0 Å². The molecule has 2 aromatic rings. The predicted octanol–water partition coefficient (Wildman–Crippen LogP) is -1.47. The Morgan fingerprint density at radius 1 is 1.52 bits per heavy atom. The van der Waals surface area contributed by atoms with E-state index in [9.17, 15) is 14.7 Å². The average Bonchev–Trinajstić information content (AvgIpc) is 2.93. The first-order chi connectivity index (χ1) is 9.91. The van der Waals surface area contributed by atoms with E-state index in [-0.39, 0.29) is 5.82 Å². The van der Waals surface area contributed by atoms with Gasteiger partial charge in [-0.1, -0.05) is 0 Å². The number of aromatic nitrogens is 4. The van der Waals surface area contributed by atoms with Crippen LogP contribution in [0.3, 0.4) is 0 Å². The molecule has 2 atom stereocenters. The van der Waals surface area contributed by atoms with Crippen molar-refractivity contribution < 1.29 is 14.7 Å². The summed E-state index contributed by atoms with van der Waals surface area (Å²) < 4.78 is 0. The van der Waals surface area contributed by atoms with Crippen molar-refractivity contribution in [3.8, 4) is 0 Å². The summed E-state index contributed by atoms with van der Waals surface area (Å²) in [7, 11) is 1.40. The fourth-order valence-electron chi connectivity index (χ4n) is 1.53. The van der Waals surface area contributed by atoms with E-state index in [0.717, 1.165) is 4.90 Å². The van der Waals surface area contributed by atoms with Gasteiger partial charge in [-0.05, 0) is 6.92 Å². The van der Waals surface area contributed by atoms with Crippen LogP contribution in [0.4, 0.5) is 10.6 Å². The van der Waals surface area contributed by atoms with E-state index in [2.05, 4.69) is 31.6 Å². The number of carbonyl (C=O) groups is 2. The number of imidazole rings is 1. The highest BCUT2D eigenvalue weighted by Gasteiger charge is 2.24. The highest BCUT2D eigenvalue weighted by atomic mass is 16.3. The van der Waals surface area contributed by atoms with Crippen molar-refractivity contribution in [1.29, 1.82) is 0 Å². The highest BCUT2D eigenvalue weighted by Crippen LogP contribution is 2.17. The van der Waals surface area contributed by atoms with Crippen molar-refractivity contribution in [2.45, 2.75) is 19.1 Å². The number of aliphatic hydroxyl groups is 1. The van der Waals surface area contributed by atoms with Crippen molar-refractivity contribution in [1.82, 2.24) is 25.3 Å². The molecule has 0 saturated heterocycles. The van der Waals surface area contributed by atoms with Gasteiger partial charge < -0.3 is 15.8 Å². The molecule has 5 N–H and O–H groups in total. The first-order valence-corrected chi connectivity index (χ1v) is 6.01. The molecule has 1 radical (unpaired) electrons. The zero-order chi connectivity index (χ0) is 15.6. The molecular weight excluding hydrogens is 278 g/mol. The number of nitrogens with two attached hydrogens (primary N) is 1. The second-order valence-corrected chi connectivity index (χ2v) is 4.37. The fraction of sp³-hybridized carbons (Fsp3) is 0.364. The standard InChI is InChI=1S/C11H14N7O3/c1-5(19)6(12)10(20)17-11(21)18(2)9-7-8(14-3-13-7)15-4-16-9/h3,5-6,19H,12H2,1-2H3,(H,17,20,21)(H,13,14,15,16). The molecule has 0 bridgehead atoms. The number of amides is 3. The number of H-pyrrole nitrogens is 1. The molecule has 0 aromatic carbocycles. The fourth-order valence-corrected chi connectivity index (χ4v) is 1.53. The number of rotatable bonds is 3. The molecule has 21 heavy (non-hydrogen) atoms. The highest BCUT2D eigenvalue weighted by molar-refractivity contribution is 6.05. The van der Waals surface area contributed by atoms with Gasteiger partial charge in [-0.25, -0.2) is 19.7 Å². The summed E-state index contributed by atoms with van der Waals surface area (Å²) in [6.45, 7) is 1.35. The number of aliphatic hydroxyl groups excluding tert-OH is 1. The molecule has 0 fully saturated rings. The smallest absolute Gasteiger partial charge is 0.329 e. The van der Waals surface area contributed by atoms with Gasteiger partial charge in [0.2, 0.25) is 12.2 Å². The molecule has 2 unspecified atom stereocenters. The van der Waals surface area contributed by atoms with Crippen molar-refractivity contribution in [3.63, 3.8) is 0 Å². The number of imide groups is 1. The Morgan fingerprint density at radius 3 is 2.90 bits per heavy atom. The van der Waals surface area contributed by atoms with Crippen LogP contribution in [0.1, 0.15) is 6.92 Å². The molecule has 0 aliphatic carbocycles. The van der Waals surface area contributed by atoms with Crippen LogP contribution in [0.5, 0.6) is 0 Å². The van der Waals surface area contributed by atoms with Gasteiger partial charge in [-0.3, -0.25) is 15.0 Å². The summed E-state index contributed by atoms with van der Waals surface area (Å²) in [5.41, 5.74) is 6.21. The van der Waals surface area contributed by atoms with Crippen LogP contribution in [-0.4, -0.2) is 56.2 Å². The Kier molecular flexibility index (Phi) is 4.10. The van der Waals surface area contributed by atoms with E-state index < -0.39 is 24.1 Å². The number of hydrogen-bond acceptors (Lipinski definition) is 7. The minimum atomic E-state index is -1.20. The van der Waals surface area contributed by atoms with Gasteiger partial charge in [-0.2, -0.15) is 0 Å². The maximum atomic E-state index is 12.0. The number of aromatic amines is 1. The third kappa shape index (κ3) is 2.95. The number of hydrogen-bond donors (Lipinski definition) is 4. The second-order valence-electron chi connectivity index (χ2n) is 4.37. The van der Waals surface area contributed by atoms with Crippen LogP contribution >= 0.6 is 0 Å². The number of anilines is 1. The summed E-state index contributed by atoms with van der Waals surface area (Å²) in [4.78, 5) is 39.1. The summed E-state index contributed by atoms with van der Waals surface area (Å²) >= 11 is 0. The molecule has 0 spiro atoms. The zero-order valence-corrected chi connectivity index (χ0v) is 11.4. The number of nitrogens with zero attached hydrogens (tertiary/aromatic N) is 4. The minimum absolute atomic E-state index is 0.178. The Morgan fingerprint density at radius 2 is 2.24 bits per heavy atom. The predicted molar refractivity (Wildman–Crippen MR) is 72.1 cm³/mol. The number of nitrogens with one attached hydrogen (secondary N) is 2. The normalized spacial score (nSPS) is 13.7. The van der Waals surface area contributed by atoms with E-state index >= 15 is 0 Å². The van der Waals surface area contributed by atoms with Crippen molar-refractivity contribution in [3.05, 3.63) is 12.7 Å². The maximum Gasteiger partial charge on any atom is 0.329 e. The molecule has 10 heteroatoms. The van der Waals surface area contributed by atoms with Crippen LogP contribution in [0, 0.1) is 6.33 Å². The van der Waals surface area contributed by atoms with Crippen LogP contribution in [-0.2, 0) is 4.79 Å². The molecule has 2 heterocycles. The Labute approximate surface area is 119 Å². The number of fused-ring (bicyclic) bond motifs is 1. The molecule has 3 amide bonds. The summed E-state index contributed by atoms with van der Waals surface area (Å²) in [6, 6.07) is -1.96. The molecule has 2 rings (SSSR count). The molecule has 10 nitrogen and oxygen atoms in total. The summed E-state index contributed by atoms with van der Waals surface area (Å²) in [6.07, 6.45) is 2.70. The van der Waals surface area contributed by atoms with Gasteiger partial charge in [0.15, 0.2) is 17.0 Å². The summed E-state index contributed by atoms with van der Waals surface area (Å²) in [5.74, 6) is -0.615. The lowest BCUT2D eigenvalue weighted by Crippen LogP contribution is -2.52. The van der Waals surface area contributed by atoms with Crippen LogP contribution < -0.4 is 16.0 Å². The van der Waals surface area contributed by atoms with Gasteiger partial charge in [0.05, 0.1) is 12.4 Å². The van der Waals surface area contributed by atoms with Gasteiger partial charge in [0.25, 0.3) is 0 Å². The van der Waals surface area contributed by atoms with Crippen LogP contribution in [0.15, 0.2) is 6.33 Å². The average molecular weight is 292 g/mol. The molecule has 0 aliphatic heterocycles. The lowest BCUT2D eigenvalue weighted by atomic mass is 10.2. The van der Waals surface area contributed by atoms with Crippen molar-refractivity contribution >= 4 is 28.9 Å². The molecular formula is C11H14N7O3. The third-order valence-electron chi connectivity index (χ3n) is 2.82. The third-order valence-corrected chi connectivity index (χ3v) is 2.82. The van der Waals surface area contributed by atoms with Gasteiger partial charge in [0, 0.05) is 7.05 Å². The number of carbonyl (C=O) groups excluding carboxylic acids is 2. The Hall–Kier alpha value is -2.59. The van der Waals surface area contributed by atoms with Gasteiger partial charge >= 0.3 is 6.03 Å². The molecule has 0 saturated carbocycles. The lowest BCUT2D eigenvalue weighted by Gasteiger charge is -2.19. The Bertz CT molecular complexity index is 669. The Balaban J connectivity index is 2.16. The topological polar surface area (TPSA) is 150 Å². The lowest BCUT2D eigenvalue weighted by molar-refractivity contribution is -0.123. The van der Waals surface area contributed by atoms with E-state index in [0.29, 0.717) is 11.2 Å². The van der Waals surface area contributed by atoms with E-state index in [1.165, 1.54) is 20.3 Å². The van der Waals surface area contributed by atoms with E-state index in [4.69, 9.17) is 5.73 Å². The first-order valence-electron chi connectivity index (χ1n) is 6.01. The van der Waals surface area contributed by atoms with E-state index in [1.54, 1.807) is 0 Å². The first kappa shape index (κ1) is 14.8.